The van der Waals surface area contributed by atoms with Gasteiger partial charge in [-0.05, 0) is 65.8 Å². The molecule has 1 aromatic carbocycles. The van der Waals surface area contributed by atoms with Crippen molar-refractivity contribution in [1.29, 1.82) is 0 Å². The van der Waals surface area contributed by atoms with Gasteiger partial charge in [0.1, 0.15) is 0 Å². The molecule has 2 rings (SSSR count). The van der Waals surface area contributed by atoms with Gasteiger partial charge in [0.15, 0.2) is 0 Å². The van der Waals surface area contributed by atoms with Gasteiger partial charge in [0.05, 0.1) is 0 Å². The predicted molar refractivity (Wildman–Crippen MR) is 85.5 cm³/mol. The minimum Gasteiger partial charge on any atom is -0.377 e. The first-order valence-corrected chi connectivity index (χ1v) is 7.40. The van der Waals surface area contributed by atoms with Gasteiger partial charge in [-0.25, -0.2) is 0 Å². The summed E-state index contributed by atoms with van der Waals surface area (Å²) in [6, 6.07) is 2.44. The zero-order valence-electron chi connectivity index (χ0n) is 13.9. The molecule has 0 atom stereocenters. The van der Waals surface area contributed by atoms with E-state index in [4.69, 9.17) is 0 Å². The maximum atomic E-state index is 2.44. The largest absolute Gasteiger partial charge is 0.377 e. The number of nitrogens with zero attached hydrogens (tertiary/aromatic N) is 1. The lowest BCUT2D eigenvalue weighted by atomic mass is 9.61. The van der Waals surface area contributed by atoms with Crippen LogP contribution in [0.2, 0.25) is 0 Å². The monoisotopic (exact) mass is 259 g/mol. The minimum absolute atomic E-state index is 0.300. The molecule has 0 saturated heterocycles. The van der Waals surface area contributed by atoms with Crippen LogP contribution in [0.3, 0.4) is 0 Å². The molecule has 0 aliphatic heterocycles. The van der Waals surface area contributed by atoms with Gasteiger partial charge in [-0.15, -0.1) is 0 Å². The Morgan fingerprint density at radius 3 is 1.95 bits per heavy atom. The molecule has 0 spiro atoms. The standard InChI is InChI=1S/C18H29N/c1-12-13(2)16-14(11-15(12)19(7)8)17(3,4)9-10-18(16,5)6/h11H,9-10H2,1-8H3. The smallest absolute Gasteiger partial charge is 0.0396 e. The van der Waals surface area contributed by atoms with E-state index in [1.807, 2.05) is 0 Å². The molecule has 1 nitrogen and oxygen atoms in total. The molecule has 1 aliphatic rings. The number of hydrogen-bond donors (Lipinski definition) is 0. The molecule has 1 aliphatic carbocycles. The summed E-state index contributed by atoms with van der Waals surface area (Å²) >= 11 is 0. The third-order valence-electron chi connectivity index (χ3n) is 5.13. The van der Waals surface area contributed by atoms with Gasteiger partial charge in [0.25, 0.3) is 0 Å². The Morgan fingerprint density at radius 2 is 1.42 bits per heavy atom. The van der Waals surface area contributed by atoms with Crippen LogP contribution in [0, 0.1) is 13.8 Å². The van der Waals surface area contributed by atoms with Crippen LogP contribution >= 0.6 is 0 Å². The molecular weight excluding hydrogens is 230 g/mol. The zero-order valence-corrected chi connectivity index (χ0v) is 13.9. The molecule has 0 bridgehead atoms. The summed E-state index contributed by atoms with van der Waals surface area (Å²) in [4.78, 5) is 2.25. The maximum absolute atomic E-state index is 2.44. The Kier molecular flexibility index (Phi) is 3.24. The van der Waals surface area contributed by atoms with Crippen LogP contribution in [0.4, 0.5) is 5.69 Å². The fourth-order valence-corrected chi connectivity index (χ4v) is 3.65. The summed E-state index contributed by atoms with van der Waals surface area (Å²) in [5, 5.41) is 0. The van der Waals surface area contributed by atoms with E-state index in [1.165, 1.54) is 29.7 Å². The number of anilines is 1. The van der Waals surface area contributed by atoms with Crippen LogP contribution in [0.5, 0.6) is 0 Å². The first-order valence-electron chi connectivity index (χ1n) is 7.40. The summed E-state index contributed by atoms with van der Waals surface area (Å²) in [5.74, 6) is 0. The van der Waals surface area contributed by atoms with E-state index in [9.17, 15) is 0 Å². The highest BCUT2D eigenvalue weighted by atomic mass is 15.1. The molecule has 19 heavy (non-hydrogen) atoms. The lowest BCUT2D eigenvalue weighted by Gasteiger charge is -2.44. The molecular formula is C18H29N. The molecule has 1 aromatic rings. The van der Waals surface area contributed by atoms with Crippen molar-refractivity contribution in [2.75, 3.05) is 19.0 Å². The third-order valence-corrected chi connectivity index (χ3v) is 5.13. The van der Waals surface area contributed by atoms with Crippen molar-refractivity contribution in [2.45, 2.75) is 65.2 Å². The zero-order chi connectivity index (χ0) is 14.6. The molecule has 106 valence electrons. The fourth-order valence-electron chi connectivity index (χ4n) is 3.65. The van der Waals surface area contributed by atoms with E-state index in [-0.39, 0.29) is 0 Å². The van der Waals surface area contributed by atoms with Crippen molar-refractivity contribution in [3.8, 4) is 0 Å². The lowest BCUT2D eigenvalue weighted by Crippen LogP contribution is -2.35. The maximum Gasteiger partial charge on any atom is 0.0396 e. The second-order valence-corrected chi connectivity index (χ2v) is 7.73. The highest BCUT2D eigenvalue weighted by Crippen LogP contribution is 2.49. The van der Waals surface area contributed by atoms with E-state index >= 15 is 0 Å². The van der Waals surface area contributed by atoms with Crippen LogP contribution in [-0.2, 0) is 10.8 Å². The Balaban J connectivity index is 2.81. The second kappa shape index (κ2) is 4.26. The van der Waals surface area contributed by atoms with Gasteiger partial charge in [-0.2, -0.15) is 0 Å². The molecule has 0 saturated carbocycles. The van der Waals surface area contributed by atoms with Crippen LogP contribution in [-0.4, -0.2) is 14.1 Å². The molecule has 0 fully saturated rings. The first kappa shape index (κ1) is 14.4. The third kappa shape index (κ3) is 2.17. The van der Waals surface area contributed by atoms with E-state index in [1.54, 1.807) is 11.1 Å². The van der Waals surface area contributed by atoms with Gasteiger partial charge in [-0.3, -0.25) is 0 Å². The number of benzene rings is 1. The molecule has 0 N–H and O–H groups in total. The molecule has 0 unspecified atom stereocenters. The summed E-state index contributed by atoms with van der Waals surface area (Å²) in [7, 11) is 4.30. The SMILES string of the molecule is Cc1c(N(C)C)cc2c(c1C)C(C)(C)CCC2(C)C. The van der Waals surface area contributed by atoms with Gasteiger partial charge in [0, 0.05) is 19.8 Å². The Labute approximate surface area is 119 Å². The van der Waals surface area contributed by atoms with Gasteiger partial charge in [0.2, 0.25) is 0 Å². The van der Waals surface area contributed by atoms with Crippen LogP contribution in [0.1, 0.15) is 62.8 Å². The van der Waals surface area contributed by atoms with Gasteiger partial charge < -0.3 is 4.90 Å². The molecule has 1 heteroatoms. The molecule has 0 aromatic heterocycles. The molecule has 0 radical (unpaired) electrons. The average Bonchev–Trinajstić information content (AvgIpc) is 2.27. The number of fused-ring (bicyclic) bond motifs is 1. The van der Waals surface area contributed by atoms with E-state index < -0.39 is 0 Å². The quantitative estimate of drug-likeness (QED) is 0.705. The lowest BCUT2D eigenvalue weighted by molar-refractivity contribution is 0.330. The van der Waals surface area contributed by atoms with E-state index in [0.717, 1.165) is 0 Å². The van der Waals surface area contributed by atoms with Crippen molar-refractivity contribution < 1.29 is 0 Å². The summed E-state index contributed by atoms with van der Waals surface area (Å²) in [6.45, 7) is 14.2. The van der Waals surface area contributed by atoms with Gasteiger partial charge in [-0.1, -0.05) is 27.7 Å². The van der Waals surface area contributed by atoms with Crippen molar-refractivity contribution in [1.82, 2.24) is 0 Å². The van der Waals surface area contributed by atoms with Crippen LogP contribution in [0.25, 0.3) is 0 Å². The van der Waals surface area contributed by atoms with E-state index in [2.05, 4.69) is 66.6 Å². The topological polar surface area (TPSA) is 3.24 Å². The Bertz CT molecular complexity index is 507. The van der Waals surface area contributed by atoms with Crippen molar-refractivity contribution in [2.24, 2.45) is 0 Å². The Morgan fingerprint density at radius 1 is 0.895 bits per heavy atom. The highest BCUT2D eigenvalue weighted by molar-refractivity contribution is 5.63. The molecule has 0 heterocycles. The van der Waals surface area contributed by atoms with Crippen molar-refractivity contribution >= 4 is 5.69 Å². The average molecular weight is 259 g/mol. The highest BCUT2D eigenvalue weighted by Gasteiger charge is 2.38. The predicted octanol–water partition coefficient (Wildman–Crippen LogP) is 4.72. The van der Waals surface area contributed by atoms with E-state index in [0.29, 0.717) is 10.8 Å². The van der Waals surface area contributed by atoms with Crippen molar-refractivity contribution in [3.05, 3.63) is 28.3 Å². The molecule has 0 amide bonds. The van der Waals surface area contributed by atoms with Crippen molar-refractivity contribution in [3.63, 3.8) is 0 Å². The summed E-state index contributed by atoms with van der Waals surface area (Å²) < 4.78 is 0. The Hall–Kier alpha value is -0.980. The summed E-state index contributed by atoms with van der Waals surface area (Å²) in [5.41, 5.74) is 8.09. The van der Waals surface area contributed by atoms with Gasteiger partial charge >= 0.3 is 0 Å². The first-order chi connectivity index (χ1) is 8.58. The second-order valence-electron chi connectivity index (χ2n) is 7.73. The number of rotatable bonds is 1. The number of hydrogen-bond acceptors (Lipinski definition) is 1. The minimum atomic E-state index is 0.300. The summed E-state index contributed by atoms with van der Waals surface area (Å²) in [6.07, 6.45) is 2.57. The normalized spacial score (nSPS) is 20.0. The van der Waals surface area contributed by atoms with Crippen LogP contribution < -0.4 is 4.90 Å². The van der Waals surface area contributed by atoms with Crippen LogP contribution in [0.15, 0.2) is 6.07 Å². The fraction of sp³-hybridized carbons (Fsp3) is 0.667.